The molecule has 6 rings (SSSR count). The van der Waals surface area contributed by atoms with Gasteiger partial charge in [0, 0.05) is 18.2 Å². The van der Waals surface area contributed by atoms with Crippen molar-refractivity contribution in [3.8, 4) is 5.75 Å². The van der Waals surface area contributed by atoms with E-state index in [9.17, 15) is 9.90 Å². The van der Waals surface area contributed by atoms with Crippen LogP contribution in [0.15, 0.2) is 12.1 Å². The fourth-order valence-corrected chi connectivity index (χ4v) is 6.68. The molecule has 3 N–H and O–H groups in total. The molecule has 3 fully saturated rings. The fourth-order valence-electron chi connectivity index (χ4n) is 6.68. The lowest BCUT2D eigenvalue weighted by atomic mass is 9.49. The molecule has 1 aromatic carbocycles. The number of nitrogens with two attached hydrogens (primary N) is 1. The van der Waals surface area contributed by atoms with E-state index >= 15 is 0 Å². The summed E-state index contributed by atoms with van der Waals surface area (Å²) in [5, 5.41) is 12.1. The molecular weight excluding hydrogens is 328 g/mol. The van der Waals surface area contributed by atoms with Crippen LogP contribution in [0.5, 0.6) is 5.75 Å². The lowest BCUT2D eigenvalue weighted by molar-refractivity contribution is -0.185. The number of piperidine rings is 1. The van der Waals surface area contributed by atoms with E-state index in [2.05, 4.69) is 11.0 Å². The maximum atomic E-state index is 12.1. The minimum atomic E-state index is -0.752. The van der Waals surface area contributed by atoms with Gasteiger partial charge in [0.05, 0.1) is 16.6 Å². The molecule has 2 aliphatic heterocycles. The highest BCUT2D eigenvalue weighted by Crippen LogP contribution is 2.64. The molecule has 1 aromatic rings. The summed E-state index contributed by atoms with van der Waals surface area (Å²) in [6, 6.07) is 4.06. The molecule has 2 saturated carbocycles. The van der Waals surface area contributed by atoms with E-state index in [0.717, 1.165) is 56.7 Å². The van der Waals surface area contributed by atoms with Crippen molar-refractivity contribution in [2.45, 2.75) is 68.1 Å². The van der Waals surface area contributed by atoms with E-state index in [1.54, 1.807) is 0 Å². The van der Waals surface area contributed by atoms with E-state index in [4.69, 9.17) is 10.5 Å². The van der Waals surface area contributed by atoms with Crippen molar-refractivity contribution < 1.29 is 14.6 Å². The van der Waals surface area contributed by atoms with Crippen LogP contribution in [0, 0.1) is 5.92 Å². The molecule has 26 heavy (non-hydrogen) atoms. The predicted octanol–water partition coefficient (Wildman–Crippen LogP) is 1.74. The molecule has 0 aromatic heterocycles. The van der Waals surface area contributed by atoms with Gasteiger partial charge in [-0.15, -0.1) is 0 Å². The van der Waals surface area contributed by atoms with Gasteiger partial charge in [0.25, 0.3) is 5.91 Å². The van der Waals surface area contributed by atoms with Crippen LogP contribution in [0.4, 0.5) is 0 Å². The highest BCUT2D eigenvalue weighted by atomic mass is 16.5. The number of hydrogen-bond acceptors (Lipinski definition) is 4. The standard InChI is InChI=1S/C21H26N2O3/c22-19(24)14-6-5-13-10-15-21(25)7-1-2-16-20(21,17(13)18(14)26-16)8-9-23(15)11-12-3-4-12/h5-6,12,15-16,25H,1-4,7-11H2,(H2,22,24)/t15-,16+,20-,21-/m1/s1. The Kier molecular flexibility index (Phi) is 2.86. The Morgan fingerprint density at radius 1 is 1.31 bits per heavy atom. The number of rotatable bonds is 3. The number of primary amides is 1. The summed E-state index contributed by atoms with van der Waals surface area (Å²) in [6.45, 7) is 2.14. The van der Waals surface area contributed by atoms with Crippen LogP contribution in [0.3, 0.4) is 0 Å². The zero-order valence-corrected chi connectivity index (χ0v) is 15.0. The van der Waals surface area contributed by atoms with E-state index in [0.29, 0.717) is 11.3 Å². The largest absolute Gasteiger partial charge is 0.488 e. The second kappa shape index (κ2) is 4.82. The number of ether oxygens (including phenoxy) is 1. The molecule has 5 nitrogen and oxygen atoms in total. The number of likely N-dealkylation sites (tertiary alicyclic amines) is 1. The van der Waals surface area contributed by atoms with Crippen LogP contribution >= 0.6 is 0 Å². The van der Waals surface area contributed by atoms with Gasteiger partial charge in [-0.1, -0.05) is 6.07 Å². The van der Waals surface area contributed by atoms with Crippen molar-refractivity contribution in [1.29, 1.82) is 0 Å². The predicted molar refractivity (Wildman–Crippen MR) is 96.3 cm³/mol. The van der Waals surface area contributed by atoms with Gasteiger partial charge in [0.2, 0.25) is 0 Å². The second-order valence-corrected chi connectivity index (χ2v) is 9.14. The second-order valence-electron chi connectivity index (χ2n) is 9.14. The molecule has 138 valence electrons. The Labute approximate surface area is 153 Å². The van der Waals surface area contributed by atoms with Gasteiger partial charge in [-0.25, -0.2) is 0 Å². The van der Waals surface area contributed by atoms with E-state index in [1.807, 2.05) is 6.07 Å². The lowest BCUT2D eigenvalue weighted by Gasteiger charge is -2.63. The molecular formula is C21H26N2O3. The van der Waals surface area contributed by atoms with E-state index in [1.165, 1.54) is 18.4 Å². The third-order valence-electron chi connectivity index (χ3n) is 7.95. The molecule has 4 atom stereocenters. The molecule has 1 spiro atoms. The van der Waals surface area contributed by atoms with E-state index in [-0.39, 0.29) is 17.6 Å². The Balaban J connectivity index is 1.56. The van der Waals surface area contributed by atoms with Crippen molar-refractivity contribution in [2.75, 3.05) is 13.1 Å². The minimum Gasteiger partial charge on any atom is -0.488 e. The fraction of sp³-hybridized carbons (Fsp3) is 0.667. The average molecular weight is 354 g/mol. The third kappa shape index (κ3) is 1.67. The van der Waals surface area contributed by atoms with Crippen LogP contribution in [0.25, 0.3) is 0 Å². The number of nitrogens with zero attached hydrogens (tertiary/aromatic N) is 1. The smallest absolute Gasteiger partial charge is 0.252 e. The molecule has 5 heteroatoms. The van der Waals surface area contributed by atoms with Crippen LogP contribution in [-0.2, 0) is 11.8 Å². The number of carbonyl (C=O) groups is 1. The Morgan fingerprint density at radius 3 is 2.92 bits per heavy atom. The molecule has 1 saturated heterocycles. The summed E-state index contributed by atoms with van der Waals surface area (Å²) in [7, 11) is 0. The molecule has 2 bridgehead atoms. The van der Waals surface area contributed by atoms with Crippen LogP contribution in [0.2, 0.25) is 0 Å². The summed E-state index contributed by atoms with van der Waals surface area (Å²) in [6.07, 6.45) is 7.17. The molecule has 5 aliphatic rings. The lowest BCUT2D eigenvalue weighted by Crippen LogP contribution is -2.75. The zero-order valence-electron chi connectivity index (χ0n) is 15.0. The van der Waals surface area contributed by atoms with Gasteiger partial charge >= 0.3 is 0 Å². The third-order valence-corrected chi connectivity index (χ3v) is 7.95. The molecule has 1 amide bonds. The number of carbonyl (C=O) groups excluding carboxylic acids is 1. The number of hydrogen-bond donors (Lipinski definition) is 2. The molecule has 0 radical (unpaired) electrons. The first kappa shape index (κ1) is 15.5. The summed E-state index contributed by atoms with van der Waals surface area (Å²) >= 11 is 0. The van der Waals surface area contributed by atoms with Crippen molar-refractivity contribution in [1.82, 2.24) is 4.90 Å². The maximum absolute atomic E-state index is 12.1. The number of amides is 1. The summed E-state index contributed by atoms with van der Waals surface area (Å²) in [4.78, 5) is 14.5. The molecule has 2 heterocycles. The average Bonchev–Trinajstić information content (AvgIpc) is 3.34. The Bertz CT molecular complexity index is 820. The SMILES string of the molecule is NC(=O)c1ccc2c3c1O[C@H]1CCC[C@@]4(O)[C@@H](C2)N(CC2CC2)CC[C@]314. The first-order valence-electron chi connectivity index (χ1n) is 10.1. The minimum absolute atomic E-state index is 0.0265. The first-order chi connectivity index (χ1) is 12.5. The van der Waals surface area contributed by atoms with Crippen LogP contribution in [-0.4, -0.2) is 46.7 Å². The topological polar surface area (TPSA) is 75.8 Å². The Morgan fingerprint density at radius 2 is 2.15 bits per heavy atom. The highest BCUT2D eigenvalue weighted by Gasteiger charge is 2.71. The number of benzene rings is 1. The van der Waals surface area contributed by atoms with Gasteiger partial charge < -0.3 is 15.6 Å². The molecule has 3 aliphatic carbocycles. The monoisotopic (exact) mass is 354 g/mol. The Hall–Kier alpha value is -1.59. The van der Waals surface area contributed by atoms with Crippen molar-refractivity contribution in [3.63, 3.8) is 0 Å². The zero-order chi connectivity index (χ0) is 17.7. The normalized spacial score (nSPS) is 40.0. The van der Waals surface area contributed by atoms with Gasteiger partial charge in [0.1, 0.15) is 11.9 Å². The van der Waals surface area contributed by atoms with Crippen LogP contribution in [0.1, 0.15) is 60.0 Å². The number of aliphatic hydroxyl groups is 1. The maximum Gasteiger partial charge on any atom is 0.252 e. The van der Waals surface area contributed by atoms with E-state index < -0.39 is 11.5 Å². The molecule has 0 unspecified atom stereocenters. The van der Waals surface area contributed by atoms with Gasteiger partial charge in [-0.3, -0.25) is 9.69 Å². The summed E-state index contributed by atoms with van der Waals surface area (Å²) < 4.78 is 6.39. The summed E-state index contributed by atoms with van der Waals surface area (Å²) in [5.74, 6) is 1.06. The van der Waals surface area contributed by atoms with Gasteiger partial charge in [-0.05, 0) is 69.0 Å². The summed E-state index contributed by atoms with van der Waals surface area (Å²) in [5.41, 5.74) is 7.37. The van der Waals surface area contributed by atoms with Gasteiger partial charge in [0.15, 0.2) is 0 Å². The van der Waals surface area contributed by atoms with Gasteiger partial charge in [-0.2, -0.15) is 0 Å². The quantitative estimate of drug-likeness (QED) is 0.867. The van der Waals surface area contributed by atoms with Crippen molar-refractivity contribution >= 4 is 5.91 Å². The van der Waals surface area contributed by atoms with Crippen molar-refractivity contribution in [2.24, 2.45) is 11.7 Å². The first-order valence-corrected chi connectivity index (χ1v) is 10.1. The highest BCUT2D eigenvalue weighted by molar-refractivity contribution is 5.97. The van der Waals surface area contributed by atoms with Crippen molar-refractivity contribution in [3.05, 3.63) is 28.8 Å². The van der Waals surface area contributed by atoms with Crippen LogP contribution < -0.4 is 10.5 Å².